The predicted octanol–water partition coefficient (Wildman–Crippen LogP) is 1.81. The normalized spacial score (nSPS) is 27.1. The van der Waals surface area contributed by atoms with Gasteiger partial charge in [-0.25, -0.2) is 9.28 Å². The summed E-state index contributed by atoms with van der Waals surface area (Å²) in [5.41, 5.74) is 1.57. The third-order valence-corrected chi connectivity index (χ3v) is 5.32. The summed E-state index contributed by atoms with van der Waals surface area (Å²) in [7, 11) is 1.82. The topological polar surface area (TPSA) is 72.5 Å². The minimum absolute atomic E-state index is 0.0156. The van der Waals surface area contributed by atoms with Gasteiger partial charge in [0, 0.05) is 18.4 Å². The number of rotatable bonds is 3. The summed E-state index contributed by atoms with van der Waals surface area (Å²) in [6.07, 6.45) is 3.27. The quantitative estimate of drug-likeness (QED) is 0.670. The van der Waals surface area contributed by atoms with Crippen LogP contribution in [0.1, 0.15) is 48.5 Å². The summed E-state index contributed by atoms with van der Waals surface area (Å²) in [6.45, 7) is 3.07. The Balaban J connectivity index is 2.02. The molecule has 3 amide bonds. The molecule has 1 saturated heterocycles. The van der Waals surface area contributed by atoms with Gasteiger partial charge in [-0.3, -0.25) is 14.9 Å². The summed E-state index contributed by atoms with van der Waals surface area (Å²) in [6, 6.07) is 5.03. The zero-order valence-corrected chi connectivity index (χ0v) is 14.8. The Bertz CT molecular complexity index is 715. The van der Waals surface area contributed by atoms with E-state index >= 15 is 0 Å². The molecule has 1 N–H and O–H groups in total. The highest BCUT2D eigenvalue weighted by atomic mass is 16.5. The first kappa shape index (κ1) is 17.6. The Morgan fingerprint density at radius 3 is 2.72 bits per heavy atom. The maximum atomic E-state index is 13.4. The highest BCUT2D eigenvalue weighted by molar-refractivity contribution is 6.01. The van der Waals surface area contributed by atoms with Crippen LogP contribution in [0.25, 0.3) is 0 Å². The van der Waals surface area contributed by atoms with Gasteiger partial charge < -0.3 is 4.74 Å². The van der Waals surface area contributed by atoms with E-state index in [1.807, 2.05) is 32.2 Å². The molecule has 0 spiro atoms. The molecular weight excluding hydrogens is 320 g/mol. The second kappa shape index (κ2) is 6.96. The first-order valence-electron chi connectivity index (χ1n) is 8.96. The smallest absolute Gasteiger partial charge is 0.346 e. The van der Waals surface area contributed by atoms with E-state index in [4.69, 9.17) is 4.74 Å². The fourth-order valence-electron chi connectivity index (χ4n) is 3.96. The van der Waals surface area contributed by atoms with Crippen LogP contribution in [0.15, 0.2) is 18.2 Å². The van der Waals surface area contributed by atoms with Crippen molar-refractivity contribution >= 4 is 17.7 Å². The van der Waals surface area contributed by atoms with Gasteiger partial charge in [-0.15, -0.1) is 0 Å². The average Bonchev–Trinajstić information content (AvgIpc) is 2.58. The number of hydrogen-bond acceptors (Lipinski definition) is 4. The Kier molecular flexibility index (Phi) is 4.90. The van der Waals surface area contributed by atoms with Gasteiger partial charge in [0.1, 0.15) is 5.75 Å². The first-order chi connectivity index (χ1) is 12.0. The molecule has 3 rings (SSSR count). The van der Waals surface area contributed by atoms with Crippen molar-refractivity contribution in [2.45, 2.75) is 45.1 Å². The van der Waals surface area contributed by atoms with E-state index in [0.29, 0.717) is 25.1 Å². The van der Waals surface area contributed by atoms with Gasteiger partial charge >= 0.3 is 5.91 Å². The van der Waals surface area contributed by atoms with Crippen molar-refractivity contribution < 1.29 is 23.6 Å². The SMILES string of the molecule is CCOc1cccc2c1CCCC[N+](C)(C1CCC(=O)NC1=O)C2=O. The minimum atomic E-state index is -0.521. The molecule has 2 heterocycles. The number of quaternary nitrogens is 1. The molecule has 0 aliphatic carbocycles. The monoisotopic (exact) mass is 345 g/mol. The van der Waals surface area contributed by atoms with Crippen LogP contribution < -0.4 is 10.1 Å². The van der Waals surface area contributed by atoms with E-state index in [-0.39, 0.29) is 28.6 Å². The maximum Gasteiger partial charge on any atom is 0.346 e. The number of nitrogens with one attached hydrogen (secondary N) is 1. The summed E-state index contributed by atoms with van der Waals surface area (Å²) in [5.74, 6) is 0.0948. The lowest BCUT2D eigenvalue weighted by Crippen LogP contribution is -2.64. The van der Waals surface area contributed by atoms with Crippen LogP contribution >= 0.6 is 0 Å². The van der Waals surface area contributed by atoms with Gasteiger partial charge in [-0.05, 0) is 38.3 Å². The van der Waals surface area contributed by atoms with E-state index in [1.165, 1.54) is 0 Å². The second-order valence-corrected chi connectivity index (χ2v) is 6.94. The van der Waals surface area contributed by atoms with E-state index in [2.05, 4.69) is 5.32 Å². The molecule has 2 atom stereocenters. The molecule has 6 nitrogen and oxygen atoms in total. The number of fused-ring (bicyclic) bond motifs is 1. The number of likely N-dealkylation sites (N-methyl/N-ethyl adjacent to an activating group) is 1. The molecule has 134 valence electrons. The Morgan fingerprint density at radius 2 is 2.00 bits per heavy atom. The molecule has 0 radical (unpaired) electrons. The average molecular weight is 345 g/mol. The van der Waals surface area contributed by atoms with Crippen LogP contribution in [0.4, 0.5) is 0 Å². The van der Waals surface area contributed by atoms with Crippen molar-refractivity contribution in [2.24, 2.45) is 0 Å². The van der Waals surface area contributed by atoms with E-state index < -0.39 is 6.04 Å². The number of ether oxygens (including phenoxy) is 1. The van der Waals surface area contributed by atoms with Crippen LogP contribution in [0.5, 0.6) is 5.75 Å². The lowest BCUT2D eigenvalue weighted by atomic mass is 9.93. The van der Waals surface area contributed by atoms with Crippen LogP contribution in [-0.4, -0.2) is 48.4 Å². The molecule has 0 saturated carbocycles. The number of nitrogens with zero attached hydrogens (tertiary/aromatic N) is 1. The highest BCUT2D eigenvalue weighted by Gasteiger charge is 2.48. The Labute approximate surface area is 147 Å². The van der Waals surface area contributed by atoms with Crippen molar-refractivity contribution in [3.63, 3.8) is 0 Å². The lowest BCUT2D eigenvalue weighted by Gasteiger charge is -2.40. The number of carbonyl (C=O) groups excluding carboxylic acids is 3. The molecule has 0 aromatic heterocycles. The maximum absolute atomic E-state index is 13.4. The Hall–Kier alpha value is -2.21. The van der Waals surface area contributed by atoms with Crippen LogP contribution in [0, 0.1) is 0 Å². The van der Waals surface area contributed by atoms with Crippen molar-refractivity contribution in [3.05, 3.63) is 29.3 Å². The molecular formula is C19H25N2O4+. The minimum Gasteiger partial charge on any atom is -0.494 e. The third kappa shape index (κ3) is 3.18. The van der Waals surface area contributed by atoms with Gasteiger partial charge in [0.25, 0.3) is 5.91 Å². The van der Waals surface area contributed by atoms with Gasteiger partial charge in [0.2, 0.25) is 5.91 Å². The van der Waals surface area contributed by atoms with Crippen LogP contribution in [0.2, 0.25) is 0 Å². The van der Waals surface area contributed by atoms with Gasteiger partial charge in [-0.2, -0.15) is 0 Å². The molecule has 0 bridgehead atoms. The third-order valence-electron chi connectivity index (χ3n) is 5.32. The molecule has 25 heavy (non-hydrogen) atoms. The molecule has 1 aromatic rings. The summed E-state index contributed by atoms with van der Waals surface area (Å²) in [4.78, 5) is 37.3. The molecule has 1 fully saturated rings. The van der Waals surface area contributed by atoms with Crippen molar-refractivity contribution in [2.75, 3.05) is 20.2 Å². The molecule has 2 unspecified atom stereocenters. The number of carbonyl (C=O) groups is 3. The predicted molar refractivity (Wildman–Crippen MR) is 92.1 cm³/mol. The second-order valence-electron chi connectivity index (χ2n) is 6.94. The number of imide groups is 1. The first-order valence-corrected chi connectivity index (χ1v) is 8.96. The molecule has 2 aliphatic heterocycles. The molecule has 2 aliphatic rings. The van der Waals surface area contributed by atoms with Crippen LogP contribution in [0.3, 0.4) is 0 Å². The fourth-order valence-corrected chi connectivity index (χ4v) is 3.96. The zero-order chi connectivity index (χ0) is 18.0. The molecule has 6 heteroatoms. The van der Waals surface area contributed by atoms with Gasteiger partial charge in [0.05, 0.1) is 25.8 Å². The number of piperidine rings is 1. The van der Waals surface area contributed by atoms with E-state index in [9.17, 15) is 14.4 Å². The fraction of sp³-hybridized carbons (Fsp3) is 0.526. The number of benzene rings is 1. The summed E-state index contributed by atoms with van der Waals surface area (Å²) < 4.78 is 5.73. The van der Waals surface area contributed by atoms with Gasteiger partial charge in [-0.1, -0.05) is 6.07 Å². The lowest BCUT2D eigenvalue weighted by molar-refractivity contribution is -0.846. The zero-order valence-electron chi connectivity index (χ0n) is 14.8. The van der Waals surface area contributed by atoms with Crippen molar-refractivity contribution in [3.8, 4) is 5.75 Å². The van der Waals surface area contributed by atoms with Crippen molar-refractivity contribution in [1.29, 1.82) is 0 Å². The summed E-state index contributed by atoms with van der Waals surface area (Å²) >= 11 is 0. The van der Waals surface area contributed by atoms with Gasteiger partial charge in [0.15, 0.2) is 6.04 Å². The van der Waals surface area contributed by atoms with Crippen molar-refractivity contribution in [1.82, 2.24) is 5.32 Å². The number of amides is 3. The standard InChI is InChI=1S/C19H24N2O4/c1-3-25-16-9-6-8-14-13(16)7-4-5-12-21(2,19(14)24)15-10-11-17(22)20-18(15)23/h6,8-9,15H,3-5,7,10-12H2,1-2H3/p+1. The highest BCUT2D eigenvalue weighted by Crippen LogP contribution is 2.32. The Morgan fingerprint density at radius 1 is 1.20 bits per heavy atom. The van der Waals surface area contributed by atoms with Crippen LogP contribution in [-0.2, 0) is 16.0 Å². The summed E-state index contributed by atoms with van der Waals surface area (Å²) in [5, 5.41) is 2.39. The largest absolute Gasteiger partial charge is 0.494 e. The van der Waals surface area contributed by atoms with E-state index in [1.54, 1.807) is 0 Å². The number of hydrogen-bond donors (Lipinski definition) is 1. The van der Waals surface area contributed by atoms with E-state index in [0.717, 1.165) is 30.6 Å². The molecule has 1 aromatic carbocycles.